The van der Waals surface area contributed by atoms with Crippen molar-refractivity contribution in [2.24, 2.45) is 0 Å². The summed E-state index contributed by atoms with van der Waals surface area (Å²) in [7, 11) is 0. The molecule has 34 heavy (non-hydrogen) atoms. The standard InChI is InChI=1S/C25H27ClFN3O4/c1-2-12-28-22(31)21-16-34-25(30(21)23(32)17-6-5-7-18(27)15-17)10-13-29(14-11-25)24(33)19-8-3-4-9-20(19)26/h3-9,15,21H,2,10-14,16H2,1H3,(H,28,31)/t21-/m0/s1. The van der Waals surface area contributed by atoms with Crippen LogP contribution in [0.15, 0.2) is 48.5 Å². The summed E-state index contributed by atoms with van der Waals surface area (Å²) in [5, 5.41) is 3.21. The summed E-state index contributed by atoms with van der Waals surface area (Å²) in [5.41, 5.74) is -0.501. The molecule has 1 atom stereocenters. The van der Waals surface area contributed by atoms with Crippen molar-refractivity contribution in [2.75, 3.05) is 26.2 Å². The Morgan fingerprint density at radius 2 is 1.85 bits per heavy atom. The number of benzene rings is 2. The number of nitrogens with one attached hydrogen (secondary N) is 1. The molecule has 3 amide bonds. The molecular weight excluding hydrogens is 461 g/mol. The van der Waals surface area contributed by atoms with E-state index in [1.807, 2.05) is 6.92 Å². The molecule has 0 radical (unpaired) electrons. The Labute approximate surface area is 202 Å². The molecule has 2 saturated heterocycles. The molecule has 0 saturated carbocycles. The minimum Gasteiger partial charge on any atom is -0.354 e. The van der Waals surface area contributed by atoms with Crippen LogP contribution in [0.5, 0.6) is 0 Å². The second kappa shape index (κ2) is 10.1. The second-order valence-electron chi connectivity index (χ2n) is 8.52. The number of rotatable bonds is 5. The summed E-state index contributed by atoms with van der Waals surface area (Å²) in [6.07, 6.45) is 1.39. The summed E-state index contributed by atoms with van der Waals surface area (Å²) >= 11 is 6.20. The van der Waals surface area contributed by atoms with Crippen molar-refractivity contribution >= 4 is 29.3 Å². The van der Waals surface area contributed by atoms with Gasteiger partial charge in [0.15, 0.2) is 0 Å². The fourth-order valence-electron chi connectivity index (χ4n) is 4.56. The van der Waals surface area contributed by atoms with Gasteiger partial charge in [-0.15, -0.1) is 0 Å². The van der Waals surface area contributed by atoms with Crippen molar-refractivity contribution in [3.8, 4) is 0 Å². The molecule has 1 N–H and O–H groups in total. The van der Waals surface area contributed by atoms with Crippen LogP contribution in [0.3, 0.4) is 0 Å². The molecule has 180 valence electrons. The van der Waals surface area contributed by atoms with Crippen LogP contribution in [0.25, 0.3) is 0 Å². The van der Waals surface area contributed by atoms with Crippen LogP contribution in [0.1, 0.15) is 46.9 Å². The molecule has 0 aromatic heterocycles. The smallest absolute Gasteiger partial charge is 0.256 e. The van der Waals surface area contributed by atoms with Gasteiger partial charge in [0, 0.05) is 38.0 Å². The minimum absolute atomic E-state index is 0.0368. The summed E-state index contributed by atoms with van der Waals surface area (Å²) in [5.74, 6) is -1.51. The Kier molecular flexibility index (Phi) is 7.19. The molecule has 2 aromatic rings. The van der Waals surface area contributed by atoms with Gasteiger partial charge in [-0.05, 0) is 36.8 Å². The molecule has 2 fully saturated rings. The number of piperidine rings is 1. The lowest BCUT2D eigenvalue weighted by molar-refractivity contribution is -0.128. The highest BCUT2D eigenvalue weighted by Gasteiger charge is 2.54. The number of hydrogen-bond donors (Lipinski definition) is 1. The van der Waals surface area contributed by atoms with Gasteiger partial charge in [0.25, 0.3) is 11.8 Å². The van der Waals surface area contributed by atoms with Crippen LogP contribution in [0.4, 0.5) is 4.39 Å². The first-order valence-corrected chi connectivity index (χ1v) is 11.8. The van der Waals surface area contributed by atoms with Gasteiger partial charge in [0.2, 0.25) is 5.91 Å². The molecular formula is C25H27ClFN3O4. The van der Waals surface area contributed by atoms with Crippen LogP contribution in [0.2, 0.25) is 5.02 Å². The SMILES string of the molecule is CCCNC(=O)[C@@H]1COC2(CCN(C(=O)c3ccccc3Cl)CC2)N1C(=O)c1cccc(F)c1. The van der Waals surface area contributed by atoms with Gasteiger partial charge >= 0.3 is 0 Å². The van der Waals surface area contributed by atoms with Crippen molar-refractivity contribution in [2.45, 2.75) is 38.0 Å². The normalized spacial score (nSPS) is 19.3. The van der Waals surface area contributed by atoms with Crippen LogP contribution in [-0.4, -0.2) is 65.5 Å². The molecule has 2 aromatic carbocycles. The quantitative estimate of drug-likeness (QED) is 0.700. The highest BCUT2D eigenvalue weighted by Crippen LogP contribution is 2.39. The van der Waals surface area contributed by atoms with E-state index >= 15 is 0 Å². The van der Waals surface area contributed by atoms with Crippen LogP contribution in [-0.2, 0) is 9.53 Å². The predicted molar refractivity (Wildman–Crippen MR) is 125 cm³/mol. The molecule has 7 nitrogen and oxygen atoms in total. The van der Waals surface area contributed by atoms with Crippen molar-refractivity contribution in [3.05, 3.63) is 70.5 Å². The Bertz CT molecular complexity index is 1090. The van der Waals surface area contributed by atoms with Gasteiger partial charge in [-0.1, -0.05) is 36.7 Å². The van der Waals surface area contributed by atoms with Crippen LogP contribution >= 0.6 is 11.6 Å². The summed E-state index contributed by atoms with van der Waals surface area (Å²) in [6, 6.07) is 11.4. The van der Waals surface area contributed by atoms with Gasteiger partial charge in [0.05, 0.1) is 17.2 Å². The number of amides is 3. The van der Waals surface area contributed by atoms with E-state index in [9.17, 15) is 18.8 Å². The third kappa shape index (κ3) is 4.65. The lowest BCUT2D eigenvalue weighted by atomic mass is 9.96. The molecule has 2 aliphatic heterocycles. The second-order valence-corrected chi connectivity index (χ2v) is 8.93. The fourth-order valence-corrected chi connectivity index (χ4v) is 4.77. The summed E-state index contributed by atoms with van der Waals surface area (Å²) in [4.78, 5) is 42.6. The highest BCUT2D eigenvalue weighted by molar-refractivity contribution is 6.33. The predicted octanol–water partition coefficient (Wildman–Crippen LogP) is 3.48. The average Bonchev–Trinajstić information content (AvgIpc) is 3.21. The highest BCUT2D eigenvalue weighted by atomic mass is 35.5. The molecule has 0 aliphatic carbocycles. The zero-order chi connectivity index (χ0) is 24.3. The van der Waals surface area contributed by atoms with E-state index in [-0.39, 0.29) is 24.0 Å². The number of hydrogen-bond acceptors (Lipinski definition) is 4. The molecule has 2 aliphatic rings. The maximum Gasteiger partial charge on any atom is 0.256 e. The number of nitrogens with zero attached hydrogens (tertiary/aromatic N) is 2. The van der Waals surface area contributed by atoms with E-state index < -0.39 is 23.5 Å². The Hall–Kier alpha value is -2.97. The van der Waals surface area contributed by atoms with Crippen molar-refractivity contribution in [1.29, 1.82) is 0 Å². The maximum absolute atomic E-state index is 13.9. The first-order valence-electron chi connectivity index (χ1n) is 11.4. The van der Waals surface area contributed by atoms with E-state index in [0.29, 0.717) is 43.1 Å². The molecule has 4 rings (SSSR count). The molecule has 0 bridgehead atoms. The topological polar surface area (TPSA) is 79.0 Å². The maximum atomic E-state index is 13.9. The zero-order valence-corrected chi connectivity index (χ0v) is 19.7. The van der Waals surface area contributed by atoms with E-state index in [1.54, 1.807) is 29.2 Å². The third-order valence-electron chi connectivity index (χ3n) is 6.34. The van der Waals surface area contributed by atoms with E-state index in [1.165, 1.54) is 23.1 Å². The van der Waals surface area contributed by atoms with Crippen LogP contribution in [0, 0.1) is 5.82 Å². The van der Waals surface area contributed by atoms with E-state index in [0.717, 1.165) is 12.5 Å². The van der Waals surface area contributed by atoms with E-state index in [4.69, 9.17) is 16.3 Å². The van der Waals surface area contributed by atoms with Gasteiger partial charge in [-0.2, -0.15) is 0 Å². The molecule has 1 spiro atoms. The summed E-state index contributed by atoms with van der Waals surface area (Å²) in [6.45, 7) is 3.09. The van der Waals surface area contributed by atoms with Gasteiger partial charge in [0.1, 0.15) is 17.6 Å². The average molecular weight is 488 g/mol. The van der Waals surface area contributed by atoms with Gasteiger partial charge in [-0.25, -0.2) is 4.39 Å². The Morgan fingerprint density at radius 3 is 2.53 bits per heavy atom. The number of carbonyl (C=O) groups is 3. The largest absolute Gasteiger partial charge is 0.354 e. The fraction of sp³-hybridized carbons (Fsp3) is 0.400. The number of carbonyl (C=O) groups excluding carboxylic acids is 3. The van der Waals surface area contributed by atoms with Crippen molar-refractivity contribution in [3.63, 3.8) is 0 Å². The van der Waals surface area contributed by atoms with Gasteiger partial charge in [-0.3, -0.25) is 19.3 Å². The minimum atomic E-state index is -1.06. The third-order valence-corrected chi connectivity index (χ3v) is 6.67. The summed E-state index contributed by atoms with van der Waals surface area (Å²) < 4.78 is 20.0. The number of ether oxygens (including phenoxy) is 1. The monoisotopic (exact) mass is 487 g/mol. The Morgan fingerprint density at radius 1 is 1.12 bits per heavy atom. The van der Waals surface area contributed by atoms with Crippen molar-refractivity contribution < 1.29 is 23.5 Å². The number of likely N-dealkylation sites (tertiary alicyclic amines) is 1. The molecule has 9 heteroatoms. The van der Waals surface area contributed by atoms with Gasteiger partial charge < -0.3 is 15.0 Å². The van der Waals surface area contributed by atoms with E-state index in [2.05, 4.69) is 5.32 Å². The lowest BCUT2D eigenvalue weighted by Gasteiger charge is -2.44. The Balaban J connectivity index is 1.58. The molecule has 2 heterocycles. The molecule has 0 unspecified atom stereocenters. The zero-order valence-electron chi connectivity index (χ0n) is 18.9. The number of halogens is 2. The van der Waals surface area contributed by atoms with Crippen molar-refractivity contribution in [1.82, 2.24) is 15.1 Å². The first-order chi connectivity index (χ1) is 16.4. The first kappa shape index (κ1) is 24.2. The lowest BCUT2D eigenvalue weighted by Crippen LogP contribution is -2.59. The van der Waals surface area contributed by atoms with Crippen LogP contribution < -0.4 is 5.32 Å².